The van der Waals surface area contributed by atoms with E-state index in [4.69, 9.17) is 21.1 Å². The predicted octanol–water partition coefficient (Wildman–Crippen LogP) is 2.79. The first-order valence-corrected chi connectivity index (χ1v) is 3.51. The standard InChI is InChI=1S/C8H5ClO2/c9-7-4-11-8-2-1-5(10)3-6(7)8/h1-4,10H. The minimum absolute atomic E-state index is 0.195. The summed E-state index contributed by atoms with van der Waals surface area (Å²) >= 11 is 5.74. The smallest absolute Gasteiger partial charge is 0.135 e. The van der Waals surface area contributed by atoms with Crippen molar-refractivity contribution in [1.82, 2.24) is 0 Å². The van der Waals surface area contributed by atoms with Crippen molar-refractivity contribution in [2.45, 2.75) is 0 Å². The van der Waals surface area contributed by atoms with Gasteiger partial charge in [0.15, 0.2) is 0 Å². The molecule has 0 aliphatic carbocycles. The van der Waals surface area contributed by atoms with Crippen LogP contribution in [0.2, 0.25) is 5.02 Å². The van der Waals surface area contributed by atoms with Crippen LogP contribution < -0.4 is 0 Å². The van der Waals surface area contributed by atoms with Gasteiger partial charge in [-0.2, -0.15) is 0 Å². The molecule has 0 amide bonds. The van der Waals surface area contributed by atoms with Crippen LogP contribution in [0.15, 0.2) is 28.9 Å². The monoisotopic (exact) mass is 168 g/mol. The molecule has 1 aromatic heterocycles. The van der Waals surface area contributed by atoms with E-state index in [0.717, 1.165) is 5.39 Å². The largest absolute Gasteiger partial charge is 0.508 e. The molecular weight excluding hydrogens is 164 g/mol. The van der Waals surface area contributed by atoms with Crippen LogP contribution >= 0.6 is 11.6 Å². The van der Waals surface area contributed by atoms with Crippen molar-refractivity contribution in [1.29, 1.82) is 0 Å². The van der Waals surface area contributed by atoms with Gasteiger partial charge in [0.05, 0.1) is 5.02 Å². The van der Waals surface area contributed by atoms with Gasteiger partial charge in [0.1, 0.15) is 17.6 Å². The Labute approximate surface area is 68.0 Å². The van der Waals surface area contributed by atoms with Crippen LogP contribution in [0.5, 0.6) is 5.75 Å². The van der Waals surface area contributed by atoms with E-state index in [1.54, 1.807) is 18.2 Å². The van der Waals surface area contributed by atoms with E-state index in [9.17, 15) is 0 Å². The highest BCUT2D eigenvalue weighted by Crippen LogP contribution is 2.28. The van der Waals surface area contributed by atoms with Gasteiger partial charge in [-0.25, -0.2) is 0 Å². The molecule has 56 valence electrons. The highest BCUT2D eigenvalue weighted by atomic mass is 35.5. The average Bonchev–Trinajstić information content (AvgIpc) is 2.33. The Hall–Kier alpha value is -1.15. The van der Waals surface area contributed by atoms with Crippen molar-refractivity contribution in [2.75, 3.05) is 0 Å². The highest BCUT2D eigenvalue weighted by Gasteiger charge is 2.02. The second-order valence-electron chi connectivity index (χ2n) is 2.26. The first-order valence-electron chi connectivity index (χ1n) is 3.13. The first kappa shape index (κ1) is 6.55. The number of fused-ring (bicyclic) bond motifs is 1. The Bertz CT molecular complexity index is 392. The Morgan fingerprint density at radius 2 is 2.18 bits per heavy atom. The van der Waals surface area contributed by atoms with Gasteiger partial charge in [-0.05, 0) is 18.2 Å². The molecule has 0 aliphatic rings. The van der Waals surface area contributed by atoms with Gasteiger partial charge in [-0.1, -0.05) is 11.6 Å². The molecule has 1 N–H and O–H groups in total. The minimum atomic E-state index is 0.195. The summed E-state index contributed by atoms with van der Waals surface area (Å²) in [5.41, 5.74) is 0.688. The van der Waals surface area contributed by atoms with E-state index < -0.39 is 0 Å². The second kappa shape index (κ2) is 2.17. The molecule has 3 heteroatoms. The molecule has 0 fully saturated rings. The number of benzene rings is 1. The molecule has 0 saturated heterocycles. The van der Waals surface area contributed by atoms with Gasteiger partial charge in [-0.3, -0.25) is 0 Å². The molecular formula is C8H5ClO2. The van der Waals surface area contributed by atoms with Crippen molar-refractivity contribution < 1.29 is 9.52 Å². The van der Waals surface area contributed by atoms with Crippen LogP contribution in [0.3, 0.4) is 0 Å². The van der Waals surface area contributed by atoms with Gasteiger partial charge in [0.2, 0.25) is 0 Å². The number of hydrogen-bond acceptors (Lipinski definition) is 2. The molecule has 0 bridgehead atoms. The summed E-state index contributed by atoms with van der Waals surface area (Å²) in [6, 6.07) is 4.81. The molecule has 0 unspecified atom stereocenters. The Kier molecular flexibility index (Phi) is 1.29. The summed E-state index contributed by atoms with van der Waals surface area (Å²) in [7, 11) is 0. The maximum Gasteiger partial charge on any atom is 0.135 e. The van der Waals surface area contributed by atoms with Crippen LogP contribution in [-0.4, -0.2) is 5.11 Å². The van der Waals surface area contributed by atoms with Crippen LogP contribution in [0, 0.1) is 0 Å². The fourth-order valence-corrected chi connectivity index (χ4v) is 1.18. The third-order valence-corrected chi connectivity index (χ3v) is 1.80. The zero-order chi connectivity index (χ0) is 7.84. The maximum atomic E-state index is 9.07. The number of furan rings is 1. The van der Waals surface area contributed by atoms with E-state index in [2.05, 4.69) is 0 Å². The zero-order valence-corrected chi connectivity index (χ0v) is 6.30. The van der Waals surface area contributed by atoms with E-state index in [-0.39, 0.29) is 5.75 Å². The van der Waals surface area contributed by atoms with Crippen molar-refractivity contribution in [3.63, 3.8) is 0 Å². The summed E-state index contributed by atoms with van der Waals surface area (Å²) in [5, 5.41) is 10.3. The lowest BCUT2D eigenvalue weighted by Gasteiger charge is -1.89. The summed E-state index contributed by atoms with van der Waals surface area (Å²) in [6.45, 7) is 0. The van der Waals surface area contributed by atoms with Crippen LogP contribution in [0.25, 0.3) is 11.0 Å². The predicted molar refractivity (Wildman–Crippen MR) is 42.9 cm³/mol. The number of phenolic OH excluding ortho intramolecular Hbond substituents is 1. The van der Waals surface area contributed by atoms with Crippen LogP contribution in [0.1, 0.15) is 0 Å². The van der Waals surface area contributed by atoms with Gasteiger partial charge in [-0.15, -0.1) is 0 Å². The molecule has 11 heavy (non-hydrogen) atoms. The van der Waals surface area contributed by atoms with E-state index >= 15 is 0 Å². The highest BCUT2D eigenvalue weighted by molar-refractivity contribution is 6.35. The van der Waals surface area contributed by atoms with Crippen molar-refractivity contribution >= 4 is 22.6 Å². The molecule has 2 aromatic rings. The lowest BCUT2D eigenvalue weighted by molar-refractivity contribution is 0.476. The zero-order valence-electron chi connectivity index (χ0n) is 5.54. The third kappa shape index (κ3) is 0.955. The fraction of sp³-hybridized carbons (Fsp3) is 0. The van der Waals surface area contributed by atoms with Crippen LogP contribution in [-0.2, 0) is 0 Å². The number of rotatable bonds is 0. The van der Waals surface area contributed by atoms with Gasteiger partial charge >= 0.3 is 0 Å². The van der Waals surface area contributed by atoms with Crippen molar-refractivity contribution in [2.24, 2.45) is 0 Å². The molecule has 0 saturated carbocycles. The van der Waals surface area contributed by atoms with Crippen molar-refractivity contribution in [3.05, 3.63) is 29.5 Å². The average molecular weight is 169 g/mol. The summed E-state index contributed by atoms with van der Waals surface area (Å²) in [6.07, 6.45) is 1.45. The molecule has 0 spiro atoms. The molecule has 1 heterocycles. The Balaban J connectivity index is 2.87. The van der Waals surface area contributed by atoms with Crippen LogP contribution in [0.4, 0.5) is 0 Å². The first-order chi connectivity index (χ1) is 5.27. The Morgan fingerprint density at radius 3 is 3.00 bits per heavy atom. The molecule has 2 rings (SSSR count). The maximum absolute atomic E-state index is 9.07. The molecule has 1 aromatic carbocycles. The topological polar surface area (TPSA) is 33.4 Å². The number of phenols is 1. The molecule has 0 atom stereocenters. The summed E-state index contributed by atoms with van der Waals surface area (Å²) in [4.78, 5) is 0. The SMILES string of the molecule is Oc1ccc2occ(Cl)c2c1. The lowest BCUT2D eigenvalue weighted by atomic mass is 10.2. The number of hydrogen-bond donors (Lipinski definition) is 1. The van der Waals surface area contributed by atoms with Gasteiger partial charge in [0.25, 0.3) is 0 Å². The summed E-state index contributed by atoms with van der Waals surface area (Å²) < 4.78 is 5.06. The molecule has 0 radical (unpaired) electrons. The normalized spacial score (nSPS) is 10.6. The fourth-order valence-electron chi connectivity index (χ4n) is 0.986. The lowest BCUT2D eigenvalue weighted by Crippen LogP contribution is -1.64. The van der Waals surface area contributed by atoms with Gasteiger partial charge in [0, 0.05) is 5.39 Å². The summed E-state index contributed by atoms with van der Waals surface area (Å²) in [5.74, 6) is 0.195. The second-order valence-corrected chi connectivity index (χ2v) is 2.67. The third-order valence-electron chi connectivity index (χ3n) is 1.51. The van der Waals surface area contributed by atoms with E-state index in [1.165, 1.54) is 6.26 Å². The molecule has 0 aliphatic heterocycles. The number of halogens is 1. The van der Waals surface area contributed by atoms with E-state index in [1.807, 2.05) is 0 Å². The minimum Gasteiger partial charge on any atom is -0.508 e. The van der Waals surface area contributed by atoms with Crippen molar-refractivity contribution in [3.8, 4) is 5.75 Å². The number of aromatic hydroxyl groups is 1. The van der Waals surface area contributed by atoms with Gasteiger partial charge < -0.3 is 9.52 Å². The molecule has 2 nitrogen and oxygen atoms in total. The Morgan fingerprint density at radius 1 is 1.36 bits per heavy atom. The van der Waals surface area contributed by atoms with E-state index in [0.29, 0.717) is 10.6 Å². The quantitative estimate of drug-likeness (QED) is 0.656.